The number of hydrogen-bond acceptors (Lipinski definition) is 10. The summed E-state index contributed by atoms with van der Waals surface area (Å²) in [5.74, 6) is -1.44. The van der Waals surface area contributed by atoms with Crippen molar-refractivity contribution in [3.63, 3.8) is 0 Å². The topological polar surface area (TPSA) is 188 Å². The lowest BCUT2D eigenvalue weighted by Gasteiger charge is -2.39. The Morgan fingerprint density at radius 1 is 1.09 bits per heavy atom. The first kappa shape index (κ1) is 37.1. The van der Waals surface area contributed by atoms with Crippen LogP contribution in [0.5, 0.6) is 5.75 Å². The molecule has 0 bridgehead atoms. The van der Waals surface area contributed by atoms with Gasteiger partial charge in [-0.15, -0.1) is 5.10 Å². The van der Waals surface area contributed by atoms with Crippen LogP contribution in [-0.2, 0) is 39.3 Å². The Hall–Kier alpha value is -5.80. The van der Waals surface area contributed by atoms with E-state index in [-0.39, 0.29) is 84.3 Å². The second-order valence-electron chi connectivity index (χ2n) is 14.3. The average Bonchev–Trinajstić information content (AvgIpc) is 3.77. The van der Waals surface area contributed by atoms with Crippen molar-refractivity contribution in [1.29, 1.82) is 5.26 Å². The SMILES string of the molecule is N#CC1(C(=O)N2CC=C(c3nc4n(CC(=O)Nc5ccc(C(F)(F)F)cc5Cl)c5c(c(=O)n4n3)C3(CCN(C(=O)c4ncccc4O)CC3)OC5)CC2)CCC1. The highest BCUT2D eigenvalue weighted by molar-refractivity contribution is 6.33. The van der Waals surface area contributed by atoms with Crippen LogP contribution in [0.1, 0.15) is 71.7 Å². The van der Waals surface area contributed by atoms with Gasteiger partial charge in [-0.25, -0.2) is 4.98 Å². The summed E-state index contributed by atoms with van der Waals surface area (Å²) in [7, 11) is 0. The number of piperidine rings is 1. The minimum Gasteiger partial charge on any atom is -0.505 e. The van der Waals surface area contributed by atoms with Gasteiger partial charge in [0.2, 0.25) is 17.6 Å². The molecule has 4 aliphatic rings. The van der Waals surface area contributed by atoms with Gasteiger partial charge >= 0.3 is 6.18 Å². The Morgan fingerprint density at radius 3 is 2.48 bits per heavy atom. The van der Waals surface area contributed by atoms with Crippen LogP contribution in [0, 0.1) is 16.7 Å². The van der Waals surface area contributed by atoms with Crippen molar-refractivity contribution in [1.82, 2.24) is 33.9 Å². The number of benzene rings is 1. The fraction of sp³-hybridized carbons (Fsp3) is 0.405. The van der Waals surface area contributed by atoms with Crippen molar-refractivity contribution >= 4 is 46.4 Å². The Bertz CT molecular complexity index is 2440. The van der Waals surface area contributed by atoms with Gasteiger partial charge in [0.15, 0.2) is 11.5 Å². The number of nitrogens with zero attached hydrogens (tertiary/aromatic N) is 8. The molecular weight excluding hydrogens is 759 g/mol. The summed E-state index contributed by atoms with van der Waals surface area (Å²) < 4.78 is 48.7. The number of alkyl halides is 3. The highest BCUT2D eigenvalue weighted by Crippen LogP contribution is 2.44. The summed E-state index contributed by atoms with van der Waals surface area (Å²) in [5, 5.41) is 26.7. The number of aromatic nitrogens is 5. The molecule has 1 spiro atoms. The number of carbonyl (C=O) groups excluding carboxylic acids is 3. The maximum atomic E-state index is 14.4. The number of fused-ring (bicyclic) bond motifs is 3. The Balaban J connectivity index is 1.13. The number of likely N-dealkylation sites (tertiary alicyclic amines) is 1. The zero-order valence-electron chi connectivity index (χ0n) is 29.6. The molecule has 8 rings (SSSR count). The maximum Gasteiger partial charge on any atom is 0.416 e. The largest absolute Gasteiger partial charge is 0.505 e. The summed E-state index contributed by atoms with van der Waals surface area (Å²) in [5.41, 5.74) is -2.63. The second-order valence-corrected chi connectivity index (χ2v) is 14.7. The fourth-order valence-electron chi connectivity index (χ4n) is 7.85. The number of carbonyl (C=O) groups is 3. The van der Waals surface area contributed by atoms with E-state index in [1.807, 2.05) is 0 Å². The normalized spacial score (nSPS) is 18.6. The molecule has 2 fully saturated rings. The molecule has 15 nitrogen and oxygen atoms in total. The number of nitrogens with one attached hydrogen (secondary N) is 1. The van der Waals surface area contributed by atoms with Gasteiger partial charge in [0, 0.05) is 32.4 Å². The van der Waals surface area contributed by atoms with Crippen LogP contribution < -0.4 is 10.9 Å². The van der Waals surface area contributed by atoms with Crippen LogP contribution in [0.2, 0.25) is 5.02 Å². The molecule has 56 heavy (non-hydrogen) atoms. The van der Waals surface area contributed by atoms with Gasteiger partial charge < -0.3 is 29.5 Å². The van der Waals surface area contributed by atoms with Crippen LogP contribution >= 0.6 is 11.6 Å². The van der Waals surface area contributed by atoms with Gasteiger partial charge in [0.1, 0.15) is 23.3 Å². The Labute approximate surface area is 320 Å². The summed E-state index contributed by atoms with van der Waals surface area (Å²) in [4.78, 5) is 66.3. The van der Waals surface area contributed by atoms with E-state index in [1.54, 1.807) is 11.0 Å². The fourth-order valence-corrected chi connectivity index (χ4v) is 8.08. The number of amides is 3. The first-order valence-electron chi connectivity index (χ1n) is 17.9. The average molecular weight is 792 g/mol. The van der Waals surface area contributed by atoms with Crippen molar-refractivity contribution < 1.29 is 37.4 Å². The molecule has 1 aromatic carbocycles. The van der Waals surface area contributed by atoms with E-state index < -0.39 is 46.7 Å². The highest BCUT2D eigenvalue weighted by Gasteiger charge is 2.49. The quantitative estimate of drug-likeness (QED) is 0.286. The van der Waals surface area contributed by atoms with Crippen LogP contribution in [0.25, 0.3) is 11.4 Å². The maximum absolute atomic E-state index is 14.4. The third-order valence-corrected chi connectivity index (χ3v) is 11.4. The van der Waals surface area contributed by atoms with Crippen LogP contribution in [0.15, 0.2) is 47.4 Å². The minimum atomic E-state index is -4.64. The first-order chi connectivity index (χ1) is 26.7. The summed E-state index contributed by atoms with van der Waals surface area (Å²) in [6.07, 6.45) is 1.10. The third-order valence-electron chi connectivity index (χ3n) is 11.1. The van der Waals surface area contributed by atoms with E-state index in [0.717, 1.165) is 23.1 Å². The van der Waals surface area contributed by atoms with Crippen molar-refractivity contribution in [3.8, 4) is 11.8 Å². The zero-order chi connectivity index (χ0) is 39.6. The van der Waals surface area contributed by atoms with Crippen molar-refractivity contribution in [2.45, 2.75) is 63.5 Å². The predicted octanol–water partition coefficient (Wildman–Crippen LogP) is 4.27. The molecule has 0 unspecified atom stereocenters. The first-order valence-corrected chi connectivity index (χ1v) is 18.3. The van der Waals surface area contributed by atoms with Crippen molar-refractivity contribution in [2.75, 3.05) is 31.5 Å². The van der Waals surface area contributed by atoms with Gasteiger partial charge in [-0.05, 0) is 74.4 Å². The van der Waals surface area contributed by atoms with Gasteiger partial charge in [0.25, 0.3) is 11.5 Å². The number of rotatable bonds is 6. The molecular formula is C37H33ClF3N9O6. The summed E-state index contributed by atoms with van der Waals surface area (Å²) in [6, 6.07) is 7.61. The van der Waals surface area contributed by atoms with E-state index >= 15 is 0 Å². The van der Waals surface area contributed by atoms with Crippen molar-refractivity contribution in [2.24, 2.45) is 5.41 Å². The molecule has 3 aliphatic heterocycles. The number of nitriles is 1. The summed E-state index contributed by atoms with van der Waals surface area (Å²) in [6.45, 7) is 0.262. The molecule has 6 heterocycles. The number of hydrogen-bond donors (Lipinski definition) is 2. The van der Waals surface area contributed by atoms with E-state index in [4.69, 9.17) is 16.3 Å². The molecule has 1 saturated heterocycles. The smallest absolute Gasteiger partial charge is 0.416 e. The number of anilines is 1. The van der Waals surface area contributed by atoms with E-state index in [1.165, 1.54) is 27.8 Å². The molecule has 0 atom stereocenters. The molecule has 1 aliphatic carbocycles. The third kappa shape index (κ3) is 6.24. The van der Waals surface area contributed by atoms with Crippen LogP contribution in [0.3, 0.4) is 0 Å². The van der Waals surface area contributed by atoms with E-state index in [0.29, 0.717) is 43.1 Å². The van der Waals surface area contributed by atoms with E-state index in [2.05, 4.69) is 26.5 Å². The van der Waals surface area contributed by atoms with Crippen LogP contribution in [-0.4, -0.2) is 83.0 Å². The lowest BCUT2D eigenvalue weighted by Crippen LogP contribution is -2.48. The van der Waals surface area contributed by atoms with Gasteiger partial charge in [0.05, 0.1) is 40.2 Å². The minimum absolute atomic E-state index is 0.00798. The number of halogens is 4. The molecule has 2 N–H and O–H groups in total. The molecule has 19 heteroatoms. The molecule has 3 amide bonds. The second kappa shape index (κ2) is 13.7. The molecule has 3 aromatic heterocycles. The molecule has 4 aromatic rings. The number of pyridine rings is 1. The highest BCUT2D eigenvalue weighted by atomic mass is 35.5. The van der Waals surface area contributed by atoms with Crippen molar-refractivity contribution in [3.05, 3.63) is 86.3 Å². The standard InChI is InChI=1S/C37H33ClF3N9O6/c38-23-17-22(37(39,40)41)4-5-24(23)44-27(52)18-49-25-19-56-36(10-15-47(16-11-36)32(54)29-26(51)3-1-12-43-29)28(25)31(53)50-34(49)45-30(46-50)21-6-13-48(14-7-21)33(55)35(20-42)8-2-9-35/h1,3-6,12,17,51H,2,7-11,13-16,18-19H2,(H,44,52). The molecule has 0 radical (unpaired) electrons. The number of aromatic hydroxyl groups is 1. The molecule has 1 saturated carbocycles. The van der Waals surface area contributed by atoms with Gasteiger partial charge in [-0.3, -0.25) is 19.2 Å². The Kier molecular flexibility index (Phi) is 9.11. The van der Waals surface area contributed by atoms with Gasteiger partial charge in [-0.1, -0.05) is 17.7 Å². The monoisotopic (exact) mass is 791 g/mol. The van der Waals surface area contributed by atoms with Gasteiger partial charge in [-0.2, -0.15) is 27.9 Å². The van der Waals surface area contributed by atoms with E-state index in [9.17, 15) is 42.7 Å². The lowest BCUT2D eigenvalue weighted by atomic mass is 9.69. The zero-order valence-corrected chi connectivity index (χ0v) is 30.4. The molecule has 290 valence electrons. The lowest BCUT2D eigenvalue weighted by molar-refractivity contribution is -0.142. The van der Waals surface area contributed by atoms with Crippen LogP contribution in [0.4, 0.5) is 18.9 Å². The summed E-state index contributed by atoms with van der Waals surface area (Å²) >= 11 is 6.13. The Morgan fingerprint density at radius 2 is 1.86 bits per heavy atom. The predicted molar refractivity (Wildman–Crippen MR) is 191 cm³/mol. The number of ether oxygens (including phenoxy) is 1.